The van der Waals surface area contributed by atoms with E-state index in [0.29, 0.717) is 24.9 Å². The lowest BCUT2D eigenvalue weighted by Crippen LogP contribution is -2.45. The van der Waals surface area contributed by atoms with Gasteiger partial charge in [0.2, 0.25) is 5.91 Å². The lowest BCUT2D eigenvalue weighted by Gasteiger charge is -2.30. The maximum atomic E-state index is 12.9. The average molecular weight is 475 g/mol. The fourth-order valence-corrected chi connectivity index (χ4v) is 6.36. The lowest BCUT2D eigenvalue weighted by atomic mass is 9.98. The lowest BCUT2D eigenvalue weighted by molar-refractivity contribution is -0.126. The predicted molar refractivity (Wildman–Crippen MR) is 112 cm³/mol. The Morgan fingerprint density at radius 1 is 1.29 bits per heavy atom. The number of hydrogen-bond acceptors (Lipinski definition) is 6. The third-order valence-electron chi connectivity index (χ3n) is 4.98. The van der Waals surface area contributed by atoms with Gasteiger partial charge in [-0.15, -0.1) is 11.3 Å². The van der Waals surface area contributed by atoms with Crippen molar-refractivity contribution in [1.29, 1.82) is 0 Å². The largest absolute Gasteiger partial charge is 0.493 e. The first-order valence-electron chi connectivity index (χ1n) is 9.66. The Hall–Kier alpha value is -2.24. The Kier molecular flexibility index (Phi) is 7.50. The monoisotopic (exact) mass is 474 g/mol. The van der Waals surface area contributed by atoms with Crippen LogP contribution in [0.1, 0.15) is 23.3 Å². The molecule has 1 aliphatic rings. The van der Waals surface area contributed by atoms with E-state index in [4.69, 9.17) is 4.74 Å². The first kappa shape index (κ1) is 23.4. The third-order valence-corrected chi connectivity index (χ3v) is 8.31. The van der Waals surface area contributed by atoms with Gasteiger partial charge < -0.3 is 14.8 Å². The molecule has 0 aliphatic carbocycles. The molecule has 1 aromatic carbocycles. The Balaban J connectivity index is 1.62. The predicted octanol–water partition coefficient (Wildman–Crippen LogP) is 3.38. The first-order chi connectivity index (χ1) is 14.7. The van der Waals surface area contributed by atoms with Gasteiger partial charge in [-0.3, -0.25) is 4.79 Å². The summed E-state index contributed by atoms with van der Waals surface area (Å²) >= 11 is 1.21. The summed E-state index contributed by atoms with van der Waals surface area (Å²) in [5.74, 6) is -0.681. The van der Waals surface area contributed by atoms with Crippen LogP contribution in [0.3, 0.4) is 0 Å². The summed E-state index contributed by atoms with van der Waals surface area (Å²) < 4.78 is 61.7. The highest BCUT2D eigenvalue weighted by Crippen LogP contribution is 2.30. The molecule has 0 spiro atoms. The normalized spacial score (nSPS) is 17.5. The van der Waals surface area contributed by atoms with Crippen LogP contribution in [0.5, 0.6) is 11.5 Å². The number of methoxy groups -OCH3 is 1. The van der Waals surface area contributed by atoms with E-state index >= 15 is 0 Å². The number of halogens is 2. The van der Waals surface area contributed by atoms with Crippen LogP contribution >= 0.6 is 11.3 Å². The molecule has 0 saturated carbocycles. The van der Waals surface area contributed by atoms with Crippen molar-refractivity contribution < 1.29 is 31.5 Å². The summed E-state index contributed by atoms with van der Waals surface area (Å²) in [4.78, 5) is 13.6. The van der Waals surface area contributed by atoms with Crippen molar-refractivity contribution in [3.63, 3.8) is 0 Å². The highest BCUT2D eigenvalue weighted by Gasteiger charge is 2.34. The summed E-state index contributed by atoms with van der Waals surface area (Å²) in [6, 6.07) is 7.77. The Morgan fingerprint density at radius 3 is 2.71 bits per heavy atom. The number of amides is 1. The SMILES string of the molecule is COc1cc(CNC(=O)[C@@H]2CCCN(S(=O)(=O)c3ccc(C)s3)C2)ccc1OC(F)F. The fraction of sp³-hybridized carbons (Fsp3) is 0.450. The van der Waals surface area contributed by atoms with E-state index in [1.54, 1.807) is 18.2 Å². The molecule has 2 heterocycles. The maximum absolute atomic E-state index is 12.9. The van der Waals surface area contributed by atoms with Crippen LogP contribution in [0.25, 0.3) is 0 Å². The summed E-state index contributed by atoms with van der Waals surface area (Å²) in [5, 5.41) is 2.79. The van der Waals surface area contributed by atoms with Gasteiger partial charge in [0.25, 0.3) is 10.0 Å². The van der Waals surface area contributed by atoms with Gasteiger partial charge in [-0.1, -0.05) is 6.07 Å². The molecule has 2 aromatic rings. The number of alkyl halides is 2. The molecule has 11 heteroatoms. The Labute approximate surface area is 184 Å². The molecule has 0 bridgehead atoms. The number of rotatable bonds is 8. The molecule has 0 unspecified atom stereocenters. The van der Waals surface area contributed by atoms with Gasteiger partial charge >= 0.3 is 6.61 Å². The number of carbonyl (C=O) groups excluding carboxylic acids is 1. The third kappa shape index (κ3) is 5.72. The van der Waals surface area contributed by atoms with Crippen molar-refractivity contribution in [2.75, 3.05) is 20.2 Å². The number of nitrogens with zero attached hydrogens (tertiary/aromatic N) is 1. The quantitative estimate of drug-likeness (QED) is 0.634. The molecule has 0 radical (unpaired) electrons. The molecule has 170 valence electrons. The summed E-state index contributed by atoms with van der Waals surface area (Å²) in [6.45, 7) is -0.473. The van der Waals surface area contributed by atoms with E-state index in [2.05, 4.69) is 10.1 Å². The number of ether oxygens (including phenoxy) is 2. The minimum Gasteiger partial charge on any atom is -0.493 e. The topological polar surface area (TPSA) is 84.9 Å². The van der Waals surface area contributed by atoms with Crippen molar-refractivity contribution in [3.8, 4) is 11.5 Å². The van der Waals surface area contributed by atoms with Gasteiger partial charge in [0.05, 0.1) is 13.0 Å². The summed E-state index contributed by atoms with van der Waals surface area (Å²) in [7, 11) is -2.28. The van der Waals surface area contributed by atoms with Crippen LogP contribution in [0.2, 0.25) is 0 Å². The number of hydrogen-bond donors (Lipinski definition) is 1. The molecule has 3 rings (SSSR count). The minimum atomic E-state index is -3.62. The van der Waals surface area contributed by atoms with Gasteiger partial charge in [-0.05, 0) is 49.6 Å². The van der Waals surface area contributed by atoms with Gasteiger partial charge in [0.15, 0.2) is 11.5 Å². The fourth-order valence-electron chi connectivity index (χ4n) is 3.40. The van der Waals surface area contributed by atoms with E-state index in [9.17, 15) is 22.0 Å². The van der Waals surface area contributed by atoms with Crippen LogP contribution in [0.15, 0.2) is 34.5 Å². The van der Waals surface area contributed by atoms with Gasteiger partial charge in [-0.25, -0.2) is 8.42 Å². The van der Waals surface area contributed by atoms with Gasteiger partial charge in [-0.2, -0.15) is 13.1 Å². The number of nitrogens with one attached hydrogen (secondary N) is 1. The van der Waals surface area contributed by atoms with Crippen LogP contribution < -0.4 is 14.8 Å². The van der Waals surface area contributed by atoms with E-state index in [-0.39, 0.29) is 34.7 Å². The molecule has 31 heavy (non-hydrogen) atoms. The van der Waals surface area contributed by atoms with Crippen LogP contribution in [-0.4, -0.2) is 45.4 Å². The second-order valence-corrected chi connectivity index (χ2v) is 10.6. The van der Waals surface area contributed by atoms with E-state index < -0.39 is 22.6 Å². The molecule has 1 fully saturated rings. The number of carbonyl (C=O) groups is 1. The smallest absolute Gasteiger partial charge is 0.387 e. The maximum Gasteiger partial charge on any atom is 0.387 e. The first-order valence-corrected chi connectivity index (χ1v) is 11.9. The molecule has 1 atom stereocenters. The second kappa shape index (κ2) is 9.92. The molecule has 1 N–H and O–H groups in total. The number of benzene rings is 1. The number of sulfonamides is 1. The Morgan fingerprint density at radius 2 is 2.06 bits per heavy atom. The van der Waals surface area contributed by atoms with Gasteiger partial charge in [0.1, 0.15) is 4.21 Å². The van der Waals surface area contributed by atoms with Crippen molar-refractivity contribution in [2.24, 2.45) is 5.92 Å². The number of aryl methyl sites for hydroxylation is 1. The van der Waals surface area contributed by atoms with Crippen molar-refractivity contribution in [1.82, 2.24) is 9.62 Å². The van der Waals surface area contributed by atoms with Crippen LogP contribution in [0.4, 0.5) is 8.78 Å². The molecular weight excluding hydrogens is 450 g/mol. The average Bonchev–Trinajstić information content (AvgIpc) is 3.19. The van der Waals surface area contributed by atoms with Crippen molar-refractivity contribution in [3.05, 3.63) is 40.8 Å². The van der Waals surface area contributed by atoms with Crippen LogP contribution in [-0.2, 0) is 21.4 Å². The molecule has 1 saturated heterocycles. The highest BCUT2D eigenvalue weighted by atomic mass is 32.2. The van der Waals surface area contributed by atoms with E-state index in [1.807, 2.05) is 6.92 Å². The number of thiophene rings is 1. The zero-order valence-electron chi connectivity index (χ0n) is 17.1. The van der Waals surface area contributed by atoms with E-state index in [0.717, 1.165) is 4.88 Å². The summed E-state index contributed by atoms with van der Waals surface area (Å²) in [6.07, 6.45) is 1.18. The molecule has 1 amide bonds. The second-order valence-electron chi connectivity index (χ2n) is 7.15. The van der Waals surface area contributed by atoms with E-state index in [1.165, 1.54) is 34.9 Å². The molecule has 1 aliphatic heterocycles. The Bertz CT molecular complexity index is 1030. The molecular formula is C20H24F2N2O5S2. The van der Waals surface area contributed by atoms with Gasteiger partial charge in [0, 0.05) is 24.5 Å². The molecule has 7 nitrogen and oxygen atoms in total. The molecule has 1 aromatic heterocycles. The summed E-state index contributed by atoms with van der Waals surface area (Å²) in [5.41, 5.74) is 0.640. The minimum absolute atomic E-state index is 0.0930. The van der Waals surface area contributed by atoms with Crippen molar-refractivity contribution in [2.45, 2.75) is 37.1 Å². The highest BCUT2D eigenvalue weighted by molar-refractivity contribution is 7.91. The number of piperidine rings is 1. The standard InChI is InChI=1S/C20H24F2N2O5S2/c1-13-5-8-18(30-13)31(26,27)24-9-3-4-15(12-24)19(25)23-11-14-6-7-16(29-20(21)22)17(10-14)28-2/h5-8,10,15,20H,3-4,9,11-12H2,1-2H3,(H,23,25)/t15-/m1/s1. The van der Waals surface area contributed by atoms with Crippen LogP contribution in [0, 0.1) is 12.8 Å². The van der Waals surface area contributed by atoms with Crippen molar-refractivity contribution >= 4 is 27.3 Å². The zero-order valence-corrected chi connectivity index (χ0v) is 18.8. The zero-order chi connectivity index (χ0) is 22.6.